The molecular weight excluding hydrogens is 370 g/mol. The van der Waals surface area contributed by atoms with Gasteiger partial charge in [0.1, 0.15) is 0 Å². The number of hydrogen-bond acceptors (Lipinski definition) is 7. The molecule has 7 nitrogen and oxygen atoms in total. The number of nitrogens with zero attached hydrogens (tertiary/aromatic N) is 3. The van der Waals surface area contributed by atoms with E-state index in [9.17, 15) is 9.59 Å². The number of carbonyl (C=O) groups is 2. The summed E-state index contributed by atoms with van der Waals surface area (Å²) >= 11 is 2.78. The number of primary amides is 1. The summed E-state index contributed by atoms with van der Waals surface area (Å²) < 4.78 is 0.733. The van der Waals surface area contributed by atoms with E-state index >= 15 is 0 Å². The maximum absolute atomic E-state index is 12.4. The van der Waals surface area contributed by atoms with Crippen molar-refractivity contribution in [1.82, 2.24) is 15.1 Å². The molecule has 1 fully saturated rings. The second kappa shape index (κ2) is 8.50. The molecule has 0 bridgehead atoms. The molecule has 2 amide bonds. The highest BCUT2D eigenvalue weighted by atomic mass is 32.2. The zero-order chi connectivity index (χ0) is 18.5. The van der Waals surface area contributed by atoms with Crippen molar-refractivity contribution >= 4 is 45.7 Å². The molecule has 0 aliphatic carbocycles. The maximum Gasteiger partial charge on any atom is 0.233 e. The number of rotatable bonds is 6. The lowest BCUT2D eigenvalue weighted by Crippen LogP contribution is -2.44. The molecule has 1 atom stereocenters. The van der Waals surface area contributed by atoms with Crippen molar-refractivity contribution in [2.75, 3.05) is 24.2 Å². The molecule has 3 N–H and O–H groups in total. The van der Waals surface area contributed by atoms with E-state index in [-0.39, 0.29) is 23.5 Å². The van der Waals surface area contributed by atoms with Crippen molar-refractivity contribution in [3.8, 4) is 0 Å². The van der Waals surface area contributed by atoms with Crippen molar-refractivity contribution in [3.63, 3.8) is 0 Å². The standard InChI is InChI=1S/C17H21N5O2S2/c1-11-4-2-6-13(8-11)19-16-20-21-17(26-16)25-10-14(23)22-7-3-5-12(9-22)15(18)24/h2,4,6,8,12H,3,5,7,9-10H2,1H3,(H2,18,24)(H,19,20). The quantitative estimate of drug-likeness (QED) is 0.733. The van der Waals surface area contributed by atoms with Gasteiger partial charge in [-0.05, 0) is 37.5 Å². The Hall–Kier alpha value is -2.13. The summed E-state index contributed by atoms with van der Waals surface area (Å²) in [5.74, 6) is -0.273. The van der Waals surface area contributed by atoms with Crippen molar-refractivity contribution in [2.45, 2.75) is 24.1 Å². The molecule has 1 aliphatic heterocycles. The van der Waals surface area contributed by atoms with Gasteiger partial charge in [-0.3, -0.25) is 9.59 Å². The third-order valence-corrected chi connectivity index (χ3v) is 6.13. The number of amides is 2. The number of nitrogens with one attached hydrogen (secondary N) is 1. The van der Waals surface area contributed by atoms with Gasteiger partial charge in [0.2, 0.25) is 16.9 Å². The molecule has 26 heavy (non-hydrogen) atoms. The van der Waals surface area contributed by atoms with Gasteiger partial charge in [-0.1, -0.05) is 35.2 Å². The largest absolute Gasteiger partial charge is 0.369 e. The highest BCUT2D eigenvalue weighted by molar-refractivity contribution is 8.01. The van der Waals surface area contributed by atoms with Crippen LogP contribution in [-0.4, -0.2) is 45.8 Å². The van der Waals surface area contributed by atoms with Crippen LogP contribution in [0.1, 0.15) is 18.4 Å². The van der Waals surface area contributed by atoms with Crippen molar-refractivity contribution in [2.24, 2.45) is 11.7 Å². The van der Waals surface area contributed by atoms with Crippen molar-refractivity contribution < 1.29 is 9.59 Å². The topological polar surface area (TPSA) is 101 Å². The molecule has 138 valence electrons. The first-order chi connectivity index (χ1) is 12.5. The maximum atomic E-state index is 12.4. The number of aryl methyl sites for hydroxylation is 1. The highest BCUT2D eigenvalue weighted by Crippen LogP contribution is 2.28. The van der Waals surface area contributed by atoms with Gasteiger partial charge in [-0.15, -0.1) is 10.2 Å². The first-order valence-corrected chi connectivity index (χ1v) is 10.2. The van der Waals surface area contributed by atoms with E-state index in [1.807, 2.05) is 31.2 Å². The number of benzene rings is 1. The minimum Gasteiger partial charge on any atom is -0.369 e. The first-order valence-electron chi connectivity index (χ1n) is 8.38. The molecular formula is C17H21N5O2S2. The molecule has 1 unspecified atom stereocenters. The zero-order valence-corrected chi connectivity index (χ0v) is 16.1. The lowest BCUT2D eigenvalue weighted by Gasteiger charge is -2.31. The Morgan fingerprint density at radius 3 is 3.04 bits per heavy atom. The van der Waals surface area contributed by atoms with Crippen molar-refractivity contribution in [3.05, 3.63) is 29.8 Å². The number of anilines is 2. The van der Waals surface area contributed by atoms with Gasteiger partial charge in [0, 0.05) is 18.8 Å². The second-order valence-corrected chi connectivity index (χ2v) is 8.44. The van der Waals surface area contributed by atoms with Crippen LogP contribution in [0.5, 0.6) is 0 Å². The summed E-state index contributed by atoms with van der Waals surface area (Å²) in [7, 11) is 0. The third-order valence-electron chi connectivity index (χ3n) is 4.17. The van der Waals surface area contributed by atoms with E-state index in [0.717, 1.165) is 28.4 Å². The van der Waals surface area contributed by atoms with E-state index in [4.69, 9.17) is 5.73 Å². The number of thioether (sulfide) groups is 1. The minimum atomic E-state index is -0.328. The van der Waals surface area contributed by atoms with Gasteiger partial charge >= 0.3 is 0 Å². The summed E-state index contributed by atoms with van der Waals surface area (Å²) in [5.41, 5.74) is 7.48. The Labute approximate surface area is 160 Å². The third kappa shape index (κ3) is 4.95. The van der Waals surface area contributed by atoms with Crippen LogP contribution in [0.2, 0.25) is 0 Å². The van der Waals surface area contributed by atoms with Gasteiger partial charge in [0.25, 0.3) is 0 Å². The van der Waals surface area contributed by atoms with Gasteiger partial charge in [-0.25, -0.2) is 0 Å². The van der Waals surface area contributed by atoms with E-state index in [0.29, 0.717) is 18.2 Å². The van der Waals surface area contributed by atoms with E-state index < -0.39 is 0 Å². The Balaban J connectivity index is 1.51. The van der Waals surface area contributed by atoms with E-state index in [1.165, 1.54) is 23.1 Å². The Morgan fingerprint density at radius 1 is 1.42 bits per heavy atom. The molecule has 1 aromatic heterocycles. The fourth-order valence-electron chi connectivity index (χ4n) is 2.82. The molecule has 0 radical (unpaired) electrons. The lowest BCUT2D eigenvalue weighted by molar-refractivity contribution is -0.132. The summed E-state index contributed by atoms with van der Waals surface area (Å²) in [4.78, 5) is 25.4. The van der Waals surface area contributed by atoms with Gasteiger partial charge in [-0.2, -0.15) is 0 Å². The molecule has 0 spiro atoms. The summed E-state index contributed by atoms with van der Waals surface area (Å²) in [5, 5.41) is 12.1. The average molecular weight is 392 g/mol. The van der Waals surface area contributed by atoms with Crippen LogP contribution in [0.15, 0.2) is 28.6 Å². The fourth-order valence-corrected chi connectivity index (χ4v) is 4.49. The first kappa shape index (κ1) is 18.7. The normalized spacial score (nSPS) is 17.1. The van der Waals surface area contributed by atoms with Gasteiger partial charge in [0.05, 0.1) is 11.7 Å². The number of hydrogen-bond donors (Lipinski definition) is 2. The summed E-state index contributed by atoms with van der Waals surface area (Å²) in [6.07, 6.45) is 1.57. The fraction of sp³-hybridized carbons (Fsp3) is 0.412. The predicted octanol–water partition coefficient (Wildman–Crippen LogP) is 2.41. The second-order valence-electron chi connectivity index (χ2n) is 6.24. The Morgan fingerprint density at radius 2 is 2.27 bits per heavy atom. The molecule has 0 saturated carbocycles. The van der Waals surface area contributed by atoms with Crippen LogP contribution in [0.4, 0.5) is 10.8 Å². The minimum absolute atomic E-state index is 0.00402. The zero-order valence-electron chi connectivity index (χ0n) is 14.5. The molecule has 1 saturated heterocycles. The van der Waals surface area contributed by atoms with Crippen LogP contribution >= 0.6 is 23.1 Å². The highest BCUT2D eigenvalue weighted by Gasteiger charge is 2.27. The molecule has 3 rings (SSSR count). The van der Waals surface area contributed by atoms with Crippen LogP contribution in [0.25, 0.3) is 0 Å². The molecule has 9 heteroatoms. The molecule has 1 aromatic carbocycles. The Kier molecular flexibility index (Phi) is 6.10. The average Bonchev–Trinajstić information content (AvgIpc) is 3.07. The van der Waals surface area contributed by atoms with Crippen molar-refractivity contribution in [1.29, 1.82) is 0 Å². The van der Waals surface area contributed by atoms with E-state index in [2.05, 4.69) is 15.5 Å². The number of likely N-dealkylation sites (tertiary alicyclic amines) is 1. The smallest absolute Gasteiger partial charge is 0.233 e. The number of aromatic nitrogens is 2. The molecule has 1 aliphatic rings. The van der Waals surface area contributed by atoms with E-state index in [1.54, 1.807) is 4.90 Å². The predicted molar refractivity (Wildman–Crippen MR) is 104 cm³/mol. The van der Waals surface area contributed by atoms with Crippen LogP contribution < -0.4 is 11.1 Å². The van der Waals surface area contributed by atoms with Crippen LogP contribution in [0, 0.1) is 12.8 Å². The Bertz CT molecular complexity index is 795. The molecule has 2 heterocycles. The monoisotopic (exact) mass is 391 g/mol. The lowest BCUT2D eigenvalue weighted by atomic mass is 9.97. The van der Waals surface area contributed by atoms with Gasteiger partial charge in [0.15, 0.2) is 4.34 Å². The van der Waals surface area contributed by atoms with Crippen LogP contribution in [-0.2, 0) is 9.59 Å². The van der Waals surface area contributed by atoms with Crippen LogP contribution in [0.3, 0.4) is 0 Å². The molecule has 2 aromatic rings. The SMILES string of the molecule is Cc1cccc(Nc2nnc(SCC(=O)N3CCCC(C(N)=O)C3)s2)c1. The van der Waals surface area contributed by atoms with Gasteiger partial charge < -0.3 is 16.0 Å². The summed E-state index contributed by atoms with van der Waals surface area (Å²) in [6.45, 7) is 3.13. The number of piperidine rings is 1. The number of carbonyl (C=O) groups excluding carboxylic acids is 2. The number of nitrogens with two attached hydrogens (primary N) is 1. The summed E-state index contributed by atoms with van der Waals surface area (Å²) in [6, 6.07) is 8.01.